The normalized spacial score (nSPS) is 10.7. The average Bonchev–Trinajstić information content (AvgIpc) is 3.08. The molecule has 0 radical (unpaired) electrons. The summed E-state index contributed by atoms with van der Waals surface area (Å²) in [5, 5.41) is 0.786. The van der Waals surface area contributed by atoms with E-state index in [0.717, 1.165) is 5.39 Å². The van der Waals surface area contributed by atoms with Gasteiger partial charge in [-0.1, -0.05) is 30.3 Å². The van der Waals surface area contributed by atoms with Crippen LogP contribution in [0.2, 0.25) is 0 Å². The Morgan fingerprint density at radius 1 is 1.04 bits per heavy atom. The fourth-order valence-corrected chi connectivity index (χ4v) is 2.76. The van der Waals surface area contributed by atoms with E-state index in [0.29, 0.717) is 29.1 Å². The lowest BCUT2D eigenvalue weighted by molar-refractivity contribution is 0.0438. The van der Waals surface area contributed by atoms with Crippen LogP contribution in [0.3, 0.4) is 0 Å². The Bertz CT molecular complexity index is 956. The molecule has 0 saturated heterocycles. The number of carbonyl (C=O) groups excluding carboxylic acids is 2. The molecule has 0 aliphatic carbocycles. The van der Waals surface area contributed by atoms with Gasteiger partial charge in [-0.05, 0) is 25.1 Å². The number of benzene rings is 2. The summed E-state index contributed by atoms with van der Waals surface area (Å²) in [5.41, 5.74) is 1.53. The minimum Gasteiger partial charge on any atom is -0.496 e. The number of fused-ring (bicyclic) bond motifs is 1. The highest BCUT2D eigenvalue weighted by Gasteiger charge is 2.23. The lowest BCUT2D eigenvalue weighted by Crippen LogP contribution is -2.15. The summed E-state index contributed by atoms with van der Waals surface area (Å²) >= 11 is 0. The van der Waals surface area contributed by atoms with Gasteiger partial charge in [0.25, 0.3) is 0 Å². The molecule has 0 amide bonds. The summed E-state index contributed by atoms with van der Waals surface area (Å²) in [6, 6.07) is 14.1. The van der Waals surface area contributed by atoms with E-state index in [4.69, 9.17) is 18.6 Å². The third kappa shape index (κ3) is 4.01. The summed E-state index contributed by atoms with van der Waals surface area (Å²) < 4.78 is 21.5. The van der Waals surface area contributed by atoms with Crippen LogP contribution in [0.1, 0.15) is 33.4 Å². The van der Waals surface area contributed by atoms with Crippen molar-refractivity contribution in [2.75, 3.05) is 20.3 Å². The van der Waals surface area contributed by atoms with Crippen molar-refractivity contribution >= 4 is 22.7 Å². The fourth-order valence-electron chi connectivity index (χ4n) is 2.76. The molecular weight excluding hydrogens is 348 g/mol. The molecule has 140 valence electrons. The molecule has 1 heterocycles. The summed E-state index contributed by atoms with van der Waals surface area (Å²) in [4.78, 5) is 24.9. The maximum atomic E-state index is 12.5. The summed E-state index contributed by atoms with van der Waals surface area (Å²) in [7, 11) is 1.48. The zero-order chi connectivity index (χ0) is 19.2. The van der Waals surface area contributed by atoms with Gasteiger partial charge in [-0.3, -0.25) is 4.79 Å². The largest absolute Gasteiger partial charge is 0.496 e. The van der Waals surface area contributed by atoms with Gasteiger partial charge in [0, 0.05) is 17.6 Å². The molecule has 0 saturated carbocycles. The van der Waals surface area contributed by atoms with Crippen LogP contribution in [0.4, 0.5) is 0 Å². The average molecular weight is 368 g/mol. The number of rotatable bonds is 8. The molecule has 0 spiro atoms. The van der Waals surface area contributed by atoms with Crippen molar-refractivity contribution in [1.29, 1.82) is 0 Å². The summed E-state index contributed by atoms with van der Waals surface area (Å²) in [6.07, 6.45) is 0. The lowest BCUT2D eigenvalue weighted by Gasteiger charge is -2.08. The van der Waals surface area contributed by atoms with E-state index >= 15 is 0 Å². The van der Waals surface area contributed by atoms with Gasteiger partial charge < -0.3 is 18.6 Å². The molecule has 1 aromatic heterocycles. The summed E-state index contributed by atoms with van der Waals surface area (Å²) in [6.45, 7) is 2.18. The van der Waals surface area contributed by atoms with E-state index in [9.17, 15) is 9.59 Å². The molecule has 0 fully saturated rings. The number of ether oxygens (including phenoxy) is 3. The van der Waals surface area contributed by atoms with Gasteiger partial charge in [0.1, 0.15) is 11.3 Å². The Hall–Kier alpha value is -3.12. The van der Waals surface area contributed by atoms with Crippen LogP contribution < -0.4 is 4.74 Å². The third-order valence-corrected chi connectivity index (χ3v) is 4.08. The number of Topliss-reactive ketones (excluding diaryl/α,β-unsaturated/α-hetero) is 1. The molecule has 3 rings (SSSR count). The number of ketones is 1. The quantitative estimate of drug-likeness (QED) is 0.442. The van der Waals surface area contributed by atoms with E-state index < -0.39 is 12.6 Å². The van der Waals surface area contributed by atoms with E-state index in [-0.39, 0.29) is 18.2 Å². The monoisotopic (exact) mass is 368 g/mol. The van der Waals surface area contributed by atoms with E-state index in [1.54, 1.807) is 30.3 Å². The second-order valence-corrected chi connectivity index (χ2v) is 5.74. The van der Waals surface area contributed by atoms with Gasteiger partial charge in [-0.15, -0.1) is 0 Å². The molecule has 0 atom stereocenters. The van der Waals surface area contributed by atoms with Crippen LogP contribution in [-0.4, -0.2) is 32.1 Å². The zero-order valence-corrected chi connectivity index (χ0v) is 15.2. The SMILES string of the molecule is CCOCc1c(C(=O)OCC(=O)c2ccccc2OC)oc2ccccc12. The van der Waals surface area contributed by atoms with Crippen molar-refractivity contribution in [2.45, 2.75) is 13.5 Å². The topological polar surface area (TPSA) is 75.0 Å². The van der Waals surface area contributed by atoms with Crippen molar-refractivity contribution in [1.82, 2.24) is 0 Å². The molecular formula is C21H20O6. The lowest BCUT2D eigenvalue weighted by atomic mass is 10.1. The van der Waals surface area contributed by atoms with Crippen LogP contribution in [0.25, 0.3) is 11.0 Å². The summed E-state index contributed by atoms with van der Waals surface area (Å²) in [5.74, 6) is -0.579. The highest BCUT2D eigenvalue weighted by Crippen LogP contribution is 2.27. The van der Waals surface area contributed by atoms with Crippen LogP contribution in [0, 0.1) is 0 Å². The first-order chi connectivity index (χ1) is 13.2. The smallest absolute Gasteiger partial charge is 0.375 e. The highest BCUT2D eigenvalue weighted by atomic mass is 16.5. The Morgan fingerprint density at radius 2 is 1.78 bits per heavy atom. The molecule has 6 heteroatoms. The Morgan fingerprint density at radius 3 is 2.56 bits per heavy atom. The van der Waals surface area contributed by atoms with E-state index in [2.05, 4.69) is 0 Å². The Kier molecular flexibility index (Phi) is 5.88. The van der Waals surface area contributed by atoms with Crippen molar-refractivity contribution in [2.24, 2.45) is 0 Å². The molecule has 6 nitrogen and oxygen atoms in total. The van der Waals surface area contributed by atoms with E-state index in [1.807, 2.05) is 25.1 Å². The fraction of sp³-hybridized carbons (Fsp3) is 0.238. The molecule has 27 heavy (non-hydrogen) atoms. The molecule has 0 N–H and O–H groups in total. The Labute approximate surface area is 156 Å². The molecule has 0 unspecified atom stereocenters. The molecule has 2 aromatic carbocycles. The van der Waals surface area contributed by atoms with Crippen molar-refractivity contribution in [3.05, 3.63) is 65.4 Å². The van der Waals surface area contributed by atoms with Gasteiger partial charge >= 0.3 is 5.97 Å². The number of methoxy groups -OCH3 is 1. The minimum atomic E-state index is -0.704. The van der Waals surface area contributed by atoms with Gasteiger partial charge in [0.15, 0.2) is 6.61 Å². The van der Waals surface area contributed by atoms with Crippen LogP contribution in [0.5, 0.6) is 5.75 Å². The van der Waals surface area contributed by atoms with Crippen LogP contribution >= 0.6 is 0 Å². The van der Waals surface area contributed by atoms with E-state index in [1.165, 1.54) is 7.11 Å². The number of hydrogen-bond donors (Lipinski definition) is 0. The standard InChI is InChI=1S/C21H20O6/c1-3-25-12-16-14-8-4-7-11-19(14)27-20(16)21(23)26-13-17(22)15-9-5-6-10-18(15)24-2/h4-11H,3,12-13H2,1-2H3. The predicted molar refractivity (Wildman–Crippen MR) is 99.2 cm³/mol. The second-order valence-electron chi connectivity index (χ2n) is 5.74. The number of hydrogen-bond acceptors (Lipinski definition) is 6. The van der Waals surface area contributed by atoms with Gasteiger partial charge in [0.05, 0.1) is 19.3 Å². The molecule has 3 aromatic rings. The van der Waals surface area contributed by atoms with Gasteiger partial charge in [-0.25, -0.2) is 4.79 Å². The van der Waals surface area contributed by atoms with Crippen molar-refractivity contribution < 1.29 is 28.2 Å². The predicted octanol–water partition coefficient (Wildman–Crippen LogP) is 4.02. The van der Waals surface area contributed by atoms with Crippen molar-refractivity contribution in [3.63, 3.8) is 0 Å². The minimum absolute atomic E-state index is 0.0532. The number of furan rings is 1. The maximum Gasteiger partial charge on any atom is 0.375 e. The first kappa shape index (κ1) is 18.7. The van der Waals surface area contributed by atoms with Gasteiger partial charge in [0.2, 0.25) is 11.5 Å². The molecule has 0 aliphatic rings. The molecule has 0 aliphatic heterocycles. The van der Waals surface area contributed by atoms with Crippen molar-refractivity contribution in [3.8, 4) is 5.75 Å². The van der Waals surface area contributed by atoms with Crippen LogP contribution in [-0.2, 0) is 16.1 Å². The number of esters is 1. The second kappa shape index (κ2) is 8.51. The van der Waals surface area contributed by atoms with Crippen LogP contribution in [0.15, 0.2) is 52.9 Å². The zero-order valence-electron chi connectivity index (χ0n) is 15.2. The maximum absolute atomic E-state index is 12.5. The first-order valence-corrected chi connectivity index (χ1v) is 8.57. The third-order valence-electron chi connectivity index (χ3n) is 4.08. The number of carbonyl (C=O) groups is 2. The Balaban J connectivity index is 1.79. The number of para-hydroxylation sites is 2. The van der Waals surface area contributed by atoms with Gasteiger partial charge in [-0.2, -0.15) is 0 Å². The molecule has 0 bridgehead atoms. The highest BCUT2D eigenvalue weighted by molar-refractivity contribution is 6.02. The first-order valence-electron chi connectivity index (χ1n) is 8.57.